The fourth-order valence-electron chi connectivity index (χ4n) is 1.79. The van der Waals surface area contributed by atoms with E-state index in [4.69, 9.17) is 4.74 Å². The molecule has 0 aliphatic carbocycles. The molecule has 0 amide bonds. The Morgan fingerprint density at radius 3 is 2.61 bits per heavy atom. The first kappa shape index (κ1) is 15.3. The molecule has 0 spiro atoms. The average molecular weight is 269 g/mol. The molecule has 0 saturated carbocycles. The van der Waals surface area contributed by atoms with Gasteiger partial charge < -0.3 is 10.1 Å². The molecule has 1 rings (SSSR count). The zero-order valence-electron chi connectivity index (χ0n) is 11.7. The summed E-state index contributed by atoms with van der Waals surface area (Å²) in [5.74, 6) is 0.587. The molecule has 1 N–H and O–H groups in total. The molecule has 18 heavy (non-hydrogen) atoms. The molecule has 4 heteroatoms. The van der Waals surface area contributed by atoms with Crippen LogP contribution in [0.4, 0.5) is 0 Å². The lowest BCUT2D eigenvalue weighted by Gasteiger charge is -2.16. The molecule has 0 fully saturated rings. The van der Waals surface area contributed by atoms with Crippen molar-refractivity contribution in [3.05, 3.63) is 29.3 Å². The van der Waals surface area contributed by atoms with Crippen molar-refractivity contribution in [3.8, 4) is 0 Å². The Balaban J connectivity index is 2.70. The molecular formula is C14H23NO2S. The maximum absolute atomic E-state index is 12.3. The highest BCUT2D eigenvalue weighted by Crippen LogP contribution is 2.14. The van der Waals surface area contributed by atoms with E-state index < -0.39 is 10.8 Å². The average Bonchev–Trinajstić information content (AvgIpc) is 2.33. The maximum Gasteiger partial charge on any atom is 0.0624 e. The van der Waals surface area contributed by atoms with Crippen LogP contribution in [-0.4, -0.2) is 36.3 Å². The minimum atomic E-state index is -0.977. The molecule has 3 nitrogen and oxygen atoms in total. The second-order valence-corrected chi connectivity index (χ2v) is 5.96. The van der Waals surface area contributed by atoms with Crippen LogP contribution in [0.15, 0.2) is 23.1 Å². The van der Waals surface area contributed by atoms with Crippen molar-refractivity contribution in [2.75, 3.05) is 26.0 Å². The van der Waals surface area contributed by atoms with Gasteiger partial charge in [0.05, 0.1) is 17.4 Å². The Hall–Kier alpha value is -0.710. The highest BCUT2D eigenvalue weighted by Gasteiger charge is 2.13. The van der Waals surface area contributed by atoms with Crippen molar-refractivity contribution in [1.29, 1.82) is 0 Å². The van der Waals surface area contributed by atoms with Crippen LogP contribution in [0.3, 0.4) is 0 Å². The summed E-state index contributed by atoms with van der Waals surface area (Å²) >= 11 is 0. The summed E-state index contributed by atoms with van der Waals surface area (Å²) in [4.78, 5) is 0.900. The largest absolute Gasteiger partial charge is 0.383 e. The van der Waals surface area contributed by atoms with Crippen LogP contribution < -0.4 is 5.32 Å². The number of nitrogens with one attached hydrogen (secondary N) is 1. The normalized spacial score (nSPS) is 14.4. The minimum Gasteiger partial charge on any atom is -0.383 e. The van der Waals surface area contributed by atoms with E-state index in [9.17, 15) is 4.21 Å². The number of hydrogen-bond acceptors (Lipinski definition) is 3. The van der Waals surface area contributed by atoms with Crippen LogP contribution in [-0.2, 0) is 15.5 Å². The first-order valence-corrected chi connectivity index (χ1v) is 7.58. The molecular weight excluding hydrogens is 246 g/mol. The number of benzene rings is 1. The second kappa shape index (κ2) is 7.67. The Kier molecular flexibility index (Phi) is 6.54. The standard InChI is InChI=1S/C14H23NO2S/c1-5-15-13(9-17-4)10-18(16)14-7-6-11(2)12(3)8-14/h6-8,13,15H,5,9-10H2,1-4H3. The molecule has 1 aromatic rings. The molecule has 2 unspecified atom stereocenters. The van der Waals surface area contributed by atoms with Gasteiger partial charge in [-0.05, 0) is 43.7 Å². The van der Waals surface area contributed by atoms with Crippen molar-refractivity contribution >= 4 is 10.8 Å². The first-order valence-electron chi connectivity index (χ1n) is 6.26. The van der Waals surface area contributed by atoms with E-state index in [1.807, 2.05) is 32.0 Å². The van der Waals surface area contributed by atoms with Gasteiger partial charge in [-0.2, -0.15) is 0 Å². The van der Waals surface area contributed by atoms with Gasteiger partial charge in [-0.3, -0.25) is 4.21 Å². The molecule has 102 valence electrons. The fourth-order valence-corrected chi connectivity index (χ4v) is 3.09. The fraction of sp³-hybridized carbons (Fsp3) is 0.571. The van der Waals surface area contributed by atoms with Crippen LogP contribution in [0.25, 0.3) is 0 Å². The van der Waals surface area contributed by atoms with E-state index in [1.54, 1.807) is 7.11 Å². The van der Waals surface area contributed by atoms with Crippen LogP contribution in [0, 0.1) is 13.8 Å². The van der Waals surface area contributed by atoms with E-state index in [0.29, 0.717) is 12.4 Å². The van der Waals surface area contributed by atoms with Gasteiger partial charge in [0.2, 0.25) is 0 Å². The SMILES string of the molecule is CCNC(COC)CS(=O)c1ccc(C)c(C)c1. The maximum atomic E-state index is 12.3. The van der Waals surface area contributed by atoms with Gasteiger partial charge in [-0.15, -0.1) is 0 Å². The zero-order valence-corrected chi connectivity index (χ0v) is 12.5. The monoisotopic (exact) mass is 269 g/mol. The number of hydrogen-bond donors (Lipinski definition) is 1. The summed E-state index contributed by atoms with van der Waals surface area (Å²) in [5, 5.41) is 3.29. The van der Waals surface area contributed by atoms with Crippen molar-refractivity contribution in [3.63, 3.8) is 0 Å². The number of aryl methyl sites for hydroxylation is 2. The Labute approximate surface area is 112 Å². The molecule has 2 atom stereocenters. The van der Waals surface area contributed by atoms with Crippen molar-refractivity contribution < 1.29 is 8.95 Å². The van der Waals surface area contributed by atoms with Gasteiger partial charge >= 0.3 is 0 Å². The highest BCUT2D eigenvalue weighted by molar-refractivity contribution is 7.85. The van der Waals surface area contributed by atoms with Crippen LogP contribution in [0.2, 0.25) is 0 Å². The van der Waals surface area contributed by atoms with Crippen LogP contribution in [0.5, 0.6) is 0 Å². The third-order valence-corrected chi connectivity index (χ3v) is 4.44. The van der Waals surface area contributed by atoms with E-state index in [-0.39, 0.29) is 6.04 Å². The van der Waals surface area contributed by atoms with E-state index in [2.05, 4.69) is 12.2 Å². The molecule has 1 aromatic carbocycles. The number of likely N-dealkylation sites (N-methyl/N-ethyl adjacent to an activating group) is 1. The van der Waals surface area contributed by atoms with Crippen LogP contribution in [0.1, 0.15) is 18.1 Å². The van der Waals surface area contributed by atoms with E-state index in [0.717, 1.165) is 11.4 Å². The molecule has 0 aliphatic heterocycles. The molecule has 0 saturated heterocycles. The molecule has 0 aliphatic rings. The Bertz CT molecular complexity index is 401. The lowest BCUT2D eigenvalue weighted by atomic mass is 10.1. The quantitative estimate of drug-likeness (QED) is 0.823. The third-order valence-electron chi connectivity index (χ3n) is 2.95. The summed E-state index contributed by atoms with van der Waals surface area (Å²) in [5.41, 5.74) is 2.42. The summed E-state index contributed by atoms with van der Waals surface area (Å²) in [6, 6.07) is 6.14. The predicted octanol–water partition coefficient (Wildman–Crippen LogP) is 2.04. The zero-order chi connectivity index (χ0) is 13.5. The summed E-state index contributed by atoms with van der Waals surface area (Å²) in [7, 11) is 0.692. The molecule has 0 bridgehead atoms. The number of methoxy groups -OCH3 is 1. The number of rotatable bonds is 7. The topological polar surface area (TPSA) is 38.3 Å². The van der Waals surface area contributed by atoms with Crippen LogP contribution >= 0.6 is 0 Å². The predicted molar refractivity (Wildman–Crippen MR) is 76.5 cm³/mol. The minimum absolute atomic E-state index is 0.141. The van der Waals surface area contributed by atoms with Gasteiger partial charge in [-0.25, -0.2) is 0 Å². The first-order chi connectivity index (χ1) is 8.58. The summed E-state index contributed by atoms with van der Waals surface area (Å²) in [6.07, 6.45) is 0. The lowest BCUT2D eigenvalue weighted by molar-refractivity contribution is 0.174. The second-order valence-electron chi connectivity index (χ2n) is 4.47. The molecule has 0 radical (unpaired) electrons. The smallest absolute Gasteiger partial charge is 0.0624 e. The van der Waals surface area contributed by atoms with Gasteiger partial charge in [-0.1, -0.05) is 13.0 Å². The van der Waals surface area contributed by atoms with Gasteiger partial charge in [0.1, 0.15) is 0 Å². The Morgan fingerprint density at radius 1 is 1.33 bits per heavy atom. The van der Waals surface area contributed by atoms with Gasteiger partial charge in [0, 0.05) is 23.8 Å². The number of ether oxygens (including phenoxy) is 1. The lowest BCUT2D eigenvalue weighted by Crippen LogP contribution is -2.37. The van der Waals surface area contributed by atoms with Crippen molar-refractivity contribution in [2.45, 2.75) is 31.7 Å². The summed E-state index contributed by atoms with van der Waals surface area (Å²) < 4.78 is 17.4. The van der Waals surface area contributed by atoms with E-state index >= 15 is 0 Å². The molecule has 0 aromatic heterocycles. The van der Waals surface area contributed by atoms with Gasteiger partial charge in [0.25, 0.3) is 0 Å². The summed E-state index contributed by atoms with van der Waals surface area (Å²) in [6.45, 7) is 7.60. The van der Waals surface area contributed by atoms with E-state index in [1.165, 1.54) is 11.1 Å². The third kappa shape index (κ3) is 4.52. The van der Waals surface area contributed by atoms with Crippen molar-refractivity contribution in [2.24, 2.45) is 0 Å². The van der Waals surface area contributed by atoms with Gasteiger partial charge in [0.15, 0.2) is 0 Å². The highest BCUT2D eigenvalue weighted by atomic mass is 32.2. The Morgan fingerprint density at radius 2 is 2.06 bits per heavy atom. The van der Waals surface area contributed by atoms with Crippen molar-refractivity contribution in [1.82, 2.24) is 5.32 Å². The molecule has 0 heterocycles.